The van der Waals surface area contributed by atoms with Crippen molar-refractivity contribution in [2.45, 2.75) is 69.6 Å². The lowest BCUT2D eigenvalue weighted by atomic mass is 9.59. The maximum absolute atomic E-state index is 14.3. The van der Waals surface area contributed by atoms with Gasteiger partial charge in [0.2, 0.25) is 17.7 Å². The normalized spacial score (nSPS) is 35.6. The maximum Gasteiger partial charge on any atom is 0.291 e. The summed E-state index contributed by atoms with van der Waals surface area (Å²) in [5.41, 5.74) is -1.39. The number of nitrogens with one attached hydrogen (secondary N) is 3. The van der Waals surface area contributed by atoms with Crippen molar-refractivity contribution in [3.63, 3.8) is 0 Å². The first-order valence-corrected chi connectivity index (χ1v) is 10.4. The van der Waals surface area contributed by atoms with Gasteiger partial charge in [0.1, 0.15) is 5.67 Å². The Balaban J connectivity index is 1.10. The van der Waals surface area contributed by atoms with Crippen molar-refractivity contribution in [2.24, 2.45) is 11.3 Å². The molecular weight excluding hydrogens is 363 g/mol. The number of rotatable bonds is 5. The Morgan fingerprint density at radius 1 is 1.21 bits per heavy atom. The van der Waals surface area contributed by atoms with Crippen LogP contribution in [0.4, 0.5) is 10.3 Å². The lowest BCUT2D eigenvalue weighted by Gasteiger charge is -2.48. The molecule has 9 heteroatoms. The van der Waals surface area contributed by atoms with Gasteiger partial charge in [0.15, 0.2) is 0 Å². The number of anilines is 1. The summed E-state index contributed by atoms with van der Waals surface area (Å²) in [4.78, 5) is 29.4. The van der Waals surface area contributed by atoms with Crippen LogP contribution in [0.15, 0.2) is 0 Å². The van der Waals surface area contributed by atoms with Gasteiger partial charge in [-0.3, -0.25) is 9.59 Å². The first kappa shape index (κ1) is 17.9. The Kier molecular flexibility index (Phi) is 4.10. The van der Waals surface area contributed by atoms with Crippen LogP contribution in [-0.4, -0.2) is 51.4 Å². The van der Waals surface area contributed by atoms with Crippen LogP contribution in [0.25, 0.3) is 0 Å². The van der Waals surface area contributed by atoms with Gasteiger partial charge in [0.05, 0.1) is 0 Å². The third kappa shape index (κ3) is 3.14. The Morgan fingerprint density at radius 2 is 1.96 bits per heavy atom. The molecule has 2 atom stereocenters. The predicted molar refractivity (Wildman–Crippen MR) is 99.5 cm³/mol. The minimum absolute atomic E-state index is 0.0509. The highest BCUT2D eigenvalue weighted by Crippen LogP contribution is 2.54. The second kappa shape index (κ2) is 6.42. The number of aromatic nitrogens is 3. The molecule has 2 bridgehead atoms. The molecular formula is C19H27FN6O2. The Hall–Kier alpha value is -2.19. The fourth-order valence-corrected chi connectivity index (χ4v) is 4.93. The molecule has 1 aromatic heterocycles. The van der Waals surface area contributed by atoms with Gasteiger partial charge in [-0.2, -0.15) is 4.98 Å². The molecule has 28 heavy (non-hydrogen) atoms. The fraction of sp³-hybridized carbons (Fsp3) is 0.789. The summed E-state index contributed by atoms with van der Waals surface area (Å²) in [5, 5.41) is 13.4. The summed E-state index contributed by atoms with van der Waals surface area (Å²) in [6.45, 7) is 2.17. The molecule has 0 radical (unpaired) electrons. The molecule has 4 aliphatic carbocycles. The molecule has 0 spiro atoms. The van der Waals surface area contributed by atoms with Crippen molar-refractivity contribution in [2.75, 3.05) is 18.4 Å². The number of aryl methyl sites for hydroxylation is 1. The number of halogens is 1. The molecule has 3 N–H and O–H groups in total. The average Bonchev–Trinajstić information content (AvgIpc) is 3.29. The average molecular weight is 390 g/mol. The van der Waals surface area contributed by atoms with Crippen LogP contribution >= 0.6 is 0 Å². The number of fused-ring (bicyclic) bond motifs is 4. The van der Waals surface area contributed by atoms with Gasteiger partial charge in [-0.05, 0) is 57.3 Å². The molecule has 0 aromatic carbocycles. The van der Waals surface area contributed by atoms with E-state index in [1.807, 2.05) is 0 Å². The first-order valence-electron chi connectivity index (χ1n) is 10.4. The van der Waals surface area contributed by atoms with E-state index in [4.69, 9.17) is 0 Å². The fourth-order valence-electron chi connectivity index (χ4n) is 4.93. The second-order valence-corrected chi connectivity index (χ2v) is 8.98. The molecule has 1 aliphatic heterocycles. The van der Waals surface area contributed by atoms with Crippen LogP contribution in [0, 0.1) is 11.3 Å². The number of amides is 2. The zero-order valence-corrected chi connectivity index (χ0v) is 16.0. The van der Waals surface area contributed by atoms with Crippen LogP contribution in [0.1, 0.15) is 62.0 Å². The van der Waals surface area contributed by atoms with Crippen LogP contribution in [0.2, 0.25) is 0 Å². The van der Waals surface area contributed by atoms with Gasteiger partial charge in [-0.1, -0.05) is 0 Å². The summed E-state index contributed by atoms with van der Waals surface area (Å²) in [6.07, 6.45) is 5.33. The van der Waals surface area contributed by atoms with Crippen LogP contribution in [-0.2, 0) is 11.3 Å². The van der Waals surface area contributed by atoms with Crippen molar-refractivity contribution in [3.05, 3.63) is 5.82 Å². The second-order valence-electron chi connectivity index (χ2n) is 8.98. The van der Waals surface area contributed by atoms with Gasteiger partial charge < -0.3 is 16.0 Å². The molecule has 4 saturated carbocycles. The lowest BCUT2D eigenvalue weighted by Crippen LogP contribution is -2.51. The first-order chi connectivity index (χ1) is 13.5. The monoisotopic (exact) mass is 390 g/mol. The quantitative estimate of drug-likeness (QED) is 0.705. The van der Waals surface area contributed by atoms with E-state index in [2.05, 4.69) is 26.0 Å². The predicted octanol–water partition coefficient (Wildman–Crippen LogP) is 1.39. The topological polar surface area (TPSA) is 101 Å². The molecule has 8 nitrogen and oxygen atoms in total. The summed E-state index contributed by atoms with van der Waals surface area (Å²) < 4.78 is 16.0. The third-order valence-electron chi connectivity index (χ3n) is 7.10. The standard InChI is InChI=1S/C19H27FN6O2/c20-19-5-2-18(3-6-19,4-7-19)16(28)22-11-12-10-13(12)23-15(27)14-24-17-21-8-1-9-26(17)25-14/h12-13H,1-11H2,(H,22,28)(H,23,27)(H,21,24,25)/t12-,13-,18?,19?/m0/s1. The number of hydrogen-bond donors (Lipinski definition) is 3. The zero-order valence-electron chi connectivity index (χ0n) is 16.0. The number of nitrogens with zero attached hydrogens (tertiary/aromatic N) is 3. The molecule has 4 fully saturated rings. The molecule has 0 unspecified atom stereocenters. The highest BCUT2D eigenvalue weighted by molar-refractivity contribution is 5.91. The highest BCUT2D eigenvalue weighted by atomic mass is 19.1. The van der Waals surface area contributed by atoms with E-state index in [0.717, 1.165) is 25.9 Å². The van der Waals surface area contributed by atoms with Crippen molar-refractivity contribution >= 4 is 17.8 Å². The summed E-state index contributed by atoms with van der Waals surface area (Å²) in [6, 6.07) is 0.0509. The number of carbonyl (C=O) groups is 2. The molecule has 0 saturated heterocycles. The Bertz CT molecular complexity index is 760. The molecule has 1 aromatic rings. The van der Waals surface area contributed by atoms with Crippen LogP contribution in [0.3, 0.4) is 0 Å². The molecule has 5 aliphatic rings. The van der Waals surface area contributed by atoms with E-state index < -0.39 is 5.67 Å². The van der Waals surface area contributed by atoms with Gasteiger partial charge in [-0.25, -0.2) is 9.07 Å². The summed E-state index contributed by atoms with van der Waals surface area (Å²) in [5.74, 6) is 0.887. The van der Waals surface area contributed by atoms with Crippen molar-refractivity contribution in [1.29, 1.82) is 0 Å². The lowest BCUT2D eigenvalue weighted by molar-refractivity contribution is -0.141. The molecule has 6 rings (SSSR count). The third-order valence-corrected chi connectivity index (χ3v) is 7.10. The van der Waals surface area contributed by atoms with Gasteiger partial charge >= 0.3 is 0 Å². The van der Waals surface area contributed by atoms with E-state index in [1.54, 1.807) is 4.68 Å². The largest absolute Gasteiger partial charge is 0.355 e. The van der Waals surface area contributed by atoms with Crippen molar-refractivity contribution in [3.8, 4) is 0 Å². The maximum atomic E-state index is 14.3. The van der Waals surface area contributed by atoms with Crippen LogP contribution < -0.4 is 16.0 Å². The Morgan fingerprint density at radius 3 is 2.68 bits per heavy atom. The van der Waals surface area contributed by atoms with E-state index >= 15 is 0 Å². The Labute approximate surface area is 163 Å². The summed E-state index contributed by atoms with van der Waals surface area (Å²) >= 11 is 0. The van der Waals surface area contributed by atoms with E-state index in [9.17, 15) is 14.0 Å². The number of hydrogen-bond acceptors (Lipinski definition) is 5. The van der Waals surface area contributed by atoms with E-state index in [1.165, 1.54) is 0 Å². The summed E-state index contributed by atoms with van der Waals surface area (Å²) in [7, 11) is 0. The van der Waals surface area contributed by atoms with Gasteiger partial charge in [0, 0.05) is 31.1 Å². The molecule has 152 valence electrons. The minimum atomic E-state index is -1.02. The van der Waals surface area contributed by atoms with E-state index in [0.29, 0.717) is 51.0 Å². The molecule has 2 heterocycles. The SMILES string of the molecule is O=C(N[C@H]1C[C@H]1CNC(=O)C12CCC(F)(CC1)CC2)c1nc2n(n1)CCCN2. The molecule has 2 amide bonds. The van der Waals surface area contributed by atoms with Gasteiger partial charge in [0.25, 0.3) is 5.91 Å². The number of alkyl halides is 1. The van der Waals surface area contributed by atoms with Crippen molar-refractivity contribution in [1.82, 2.24) is 25.4 Å². The van der Waals surface area contributed by atoms with Crippen molar-refractivity contribution < 1.29 is 14.0 Å². The van der Waals surface area contributed by atoms with E-state index in [-0.39, 0.29) is 35.0 Å². The van der Waals surface area contributed by atoms with Crippen LogP contribution in [0.5, 0.6) is 0 Å². The minimum Gasteiger partial charge on any atom is -0.355 e. The number of carbonyl (C=O) groups excluding carboxylic acids is 2. The zero-order chi connectivity index (χ0) is 19.4. The van der Waals surface area contributed by atoms with Gasteiger partial charge in [-0.15, -0.1) is 5.10 Å². The highest BCUT2D eigenvalue weighted by Gasteiger charge is 2.53. The smallest absolute Gasteiger partial charge is 0.291 e.